The van der Waals surface area contributed by atoms with E-state index in [1.54, 1.807) is 18.4 Å². The molecule has 0 amide bonds. The normalized spacial score (nSPS) is 25.9. The third kappa shape index (κ3) is 1.38. The summed E-state index contributed by atoms with van der Waals surface area (Å²) >= 11 is 0. The quantitative estimate of drug-likeness (QED) is 0.727. The van der Waals surface area contributed by atoms with Gasteiger partial charge in [-0.25, -0.2) is 0 Å². The zero-order valence-corrected chi connectivity index (χ0v) is 6.77. The Bertz CT molecular complexity index is 224. The van der Waals surface area contributed by atoms with Gasteiger partial charge in [0.1, 0.15) is 11.9 Å². The van der Waals surface area contributed by atoms with Crippen LogP contribution in [-0.2, 0) is 4.74 Å². The second-order valence-corrected chi connectivity index (χ2v) is 3.01. The first kappa shape index (κ1) is 7.83. The minimum atomic E-state index is -0.595. The van der Waals surface area contributed by atoms with Crippen LogP contribution in [0.25, 0.3) is 0 Å². The second-order valence-electron chi connectivity index (χ2n) is 3.01. The van der Waals surface area contributed by atoms with Crippen molar-refractivity contribution in [2.24, 2.45) is 0 Å². The van der Waals surface area contributed by atoms with Gasteiger partial charge in [-0.15, -0.1) is 0 Å². The highest BCUT2D eigenvalue weighted by molar-refractivity contribution is 5.04. The summed E-state index contributed by atoms with van der Waals surface area (Å²) in [7, 11) is 0. The van der Waals surface area contributed by atoms with Crippen molar-refractivity contribution in [1.29, 1.82) is 0 Å². The molecule has 0 aromatic carbocycles. The predicted octanol–water partition coefficient (Wildman–Crippen LogP) is 1.49. The maximum Gasteiger partial charge on any atom is 0.138 e. The molecule has 12 heavy (non-hydrogen) atoms. The fraction of sp³-hybridized carbons (Fsp3) is 0.556. The summed E-state index contributed by atoms with van der Waals surface area (Å²) in [5, 5.41) is 9.69. The van der Waals surface area contributed by atoms with E-state index in [0.717, 1.165) is 19.4 Å². The van der Waals surface area contributed by atoms with E-state index in [2.05, 4.69) is 0 Å². The van der Waals surface area contributed by atoms with Gasteiger partial charge in [0.15, 0.2) is 0 Å². The number of aliphatic hydroxyl groups excluding tert-OH is 1. The molecule has 1 fully saturated rings. The standard InChI is InChI=1S/C9H12O3/c10-9(7-3-1-5-11-7)8-4-2-6-12-8/h1,3,5,8-10H,2,4,6H2/t8-,9-/m0/s1. The van der Waals surface area contributed by atoms with Gasteiger partial charge in [-0.05, 0) is 25.0 Å². The van der Waals surface area contributed by atoms with Crippen LogP contribution in [0.2, 0.25) is 0 Å². The van der Waals surface area contributed by atoms with Gasteiger partial charge in [0.05, 0.1) is 12.4 Å². The highest BCUT2D eigenvalue weighted by Gasteiger charge is 2.26. The first-order chi connectivity index (χ1) is 5.88. The maximum absolute atomic E-state index is 9.69. The number of hydrogen-bond donors (Lipinski definition) is 1. The van der Waals surface area contributed by atoms with E-state index in [9.17, 15) is 5.11 Å². The van der Waals surface area contributed by atoms with Crippen LogP contribution in [0, 0.1) is 0 Å². The molecular formula is C9H12O3. The van der Waals surface area contributed by atoms with Gasteiger partial charge in [-0.3, -0.25) is 0 Å². The number of hydrogen-bond acceptors (Lipinski definition) is 3. The molecule has 0 unspecified atom stereocenters. The third-order valence-corrected chi connectivity index (χ3v) is 2.15. The molecule has 1 aliphatic rings. The Morgan fingerprint density at radius 1 is 1.58 bits per heavy atom. The van der Waals surface area contributed by atoms with E-state index >= 15 is 0 Å². The molecule has 0 spiro atoms. The lowest BCUT2D eigenvalue weighted by Crippen LogP contribution is -2.16. The molecule has 2 atom stereocenters. The Morgan fingerprint density at radius 2 is 2.50 bits per heavy atom. The van der Waals surface area contributed by atoms with E-state index in [4.69, 9.17) is 9.15 Å². The molecule has 1 aliphatic heterocycles. The van der Waals surface area contributed by atoms with Crippen LogP contribution < -0.4 is 0 Å². The minimum Gasteiger partial charge on any atom is -0.466 e. The van der Waals surface area contributed by atoms with E-state index in [0.29, 0.717) is 5.76 Å². The summed E-state index contributed by atoms with van der Waals surface area (Å²) < 4.78 is 10.4. The highest BCUT2D eigenvalue weighted by atomic mass is 16.5. The number of rotatable bonds is 2. The van der Waals surface area contributed by atoms with Crippen molar-refractivity contribution in [3.63, 3.8) is 0 Å². The Hall–Kier alpha value is -0.800. The topological polar surface area (TPSA) is 42.6 Å². The smallest absolute Gasteiger partial charge is 0.138 e. The number of ether oxygens (including phenoxy) is 1. The summed E-state index contributed by atoms with van der Waals surface area (Å²) in [5.41, 5.74) is 0. The van der Waals surface area contributed by atoms with Crippen LogP contribution >= 0.6 is 0 Å². The van der Waals surface area contributed by atoms with Crippen molar-refractivity contribution in [2.45, 2.75) is 25.0 Å². The summed E-state index contributed by atoms with van der Waals surface area (Å²) in [6, 6.07) is 3.54. The Labute approximate surface area is 71.0 Å². The molecule has 0 radical (unpaired) electrons. The molecule has 0 bridgehead atoms. The molecular weight excluding hydrogens is 156 g/mol. The molecule has 0 saturated carbocycles. The van der Waals surface area contributed by atoms with Crippen LogP contribution in [0.3, 0.4) is 0 Å². The van der Waals surface area contributed by atoms with Gasteiger partial charge in [0.2, 0.25) is 0 Å². The molecule has 0 aliphatic carbocycles. The molecule has 3 nitrogen and oxygen atoms in total. The van der Waals surface area contributed by atoms with Crippen LogP contribution in [0.5, 0.6) is 0 Å². The third-order valence-electron chi connectivity index (χ3n) is 2.15. The molecule has 2 heterocycles. The lowest BCUT2D eigenvalue weighted by molar-refractivity contribution is -0.0131. The van der Waals surface area contributed by atoms with Crippen molar-refractivity contribution in [2.75, 3.05) is 6.61 Å². The van der Waals surface area contributed by atoms with Gasteiger partial charge < -0.3 is 14.3 Å². The van der Waals surface area contributed by atoms with Crippen LogP contribution in [0.1, 0.15) is 24.7 Å². The lowest BCUT2D eigenvalue weighted by atomic mass is 10.1. The fourth-order valence-corrected chi connectivity index (χ4v) is 1.49. The largest absolute Gasteiger partial charge is 0.466 e. The van der Waals surface area contributed by atoms with Crippen LogP contribution in [0.15, 0.2) is 22.8 Å². The van der Waals surface area contributed by atoms with E-state index < -0.39 is 6.10 Å². The average molecular weight is 168 g/mol. The Balaban J connectivity index is 2.04. The molecule has 66 valence electrons. The number of furan rings is 1. The fourth-order valence-electron chi connectivity index (χ4n) is 1.49. The molecule has 3 heteroatoms. The molecule has 1 aromatic rings. The molecule has 1 saturated heterocycles. The summed E-state index contributed by atoms with van der Waals surface area (Å²) in [5.74, 6) is 0.599. The average Bonchev–Trinajstić information content (AvgIpc) is 2.77. The van der Waals surface area contributed by atoms with Gasteiger partial charge >= 0.3 is 0 Å². The second kappa shape index (κ2) is 3.29. The first-order valence-corrected chi connectivity index (χ1v) is 4.21. The number of aliphatic hydroxyl groups is 1. The molecule has 1 N–H and O–H groups in total. The Morgan fingerprint density at radius 3 is 3.08 bits per heavy atom. The monoisotopic (exact) mass is 168 g/mol. The van der Waals surface area contributed by atoms with Gasteiger partial charge in [-0.2, -0.15) is 0 Å². The minimum absolute atomic E-state index is 0.0730. The predicted molar refractivity (Wildman–Crippen MR) is 42.6 cm³/mol. The van der Waals surface area contributed by atoms with Crippen molar-refractivity contribution < 1.29 is 14.3 Å². The molecule has 2 rings (SSSR count). The van der Waals surface area contributed by atoms with Gasteiger partial charge in [0, 0.05) is 6.61 Å². The molecule has 1 aromatic heterocycles. The summed E-state index contributed by atoms with van der Waals surface area (Å²) in [6.07, 6.45) is 2.84. The first-order valence-electron chi connectivity index (χ1n) is 4.21. The maximum atomic E-state index is 9.69. The van der Waals surface area contributed by atoms with Crippen molar-refractivity contribution in [1.82, 2.24) is 0 Å². The SMILES string of the molecule is O[C@@H](c1ccco1)[C@@H]1CCCO1. The lowest BCUT2D eigenvalue weighted by Gasteiger charge is -2.14. The van der Waals surface area contributed by atoms with Crippen LogP contribution in [-0.4, -0.2) is 17.8 Å². The zero-order chi connectivity index (χ0) is 8.39. The van der Waals surface area contributed by atoms with Crippen molar-refractivity contribution >= 4 is 0 Å². The van der Waals surface area contributed by atoms with Crippen LogP contribution in [0.4, 0.5) is 0 Å². The van der Waals surface area contributed by atoms with Crippen molar-refractivity contribution in [3.8, 4) is 0 Å². The van der Waals surface area contributed by atoms with E-state index in [1.165, 1.54) is 0 Å². The summed E-state index contributed by atoms with van der Waals surface area (Å²) in [6.45, 7) is 0.752. The van der Waals surface area contributed by atoms with E-state index in [1.807, 2.05) is 0 Å². The van der Waals surface area contributed by atoms with Crippen molar-refractivity contribution in [3.05, 3.63) is 24.2 Å². The van der Waals surface area contributed by atoms with Gasteiger partial charge in [0.25, 0.3) is 0 Å². The van der Waals surface area contributed by atoms with Gasteiger partial charge in [-0.1, -0.05) is 0 Å². The van der Waals surface area contributed by atoms with E-state index in [-0.39, 0.29) is 6.10 Å². The highest BCUT2D eigenvalue weighted by Crippen LogP contribution is 2.26. The Kier molecular flexibility index (Phi) is 2.15. The zero-order valence-electron chi connectivity index (χ0n) is 6.77. The summed E-state index contributed by atoms with van der Waals surface area (Å²) in [4.78, 5) is 0.